The van der Waals surface area contributed by atoms with Gasteiger partial charge in [-0.2, -0.15) is 0 Å². The number of hydrogen-bond donors (Lipinski definition) is 2. The number of carbonyl (C=O) groups excluding carboxylic acids is 3. The topological polar surface area (TPSA) is 116 Å². The van der Waals surface area contributed by atoms with Crippen molar-refractivity contribution in [2.24, 2.45) is 0 Å². The molecule has 0 bridgehead atoms. The van der Waals surface area contributed by atoms with E-state index >= 15 is 0 Å². The van der Waals surface area contributed by atoms with Crippen LogP contribution in [0.3, 0.4) is 0 Å². The van der Waals surface area contributed by atoms with Gasteiger partial charge < -0.3 is 31.1 Å². The molecule has 6 aromatic rings. The number of carbonyl (C=O) groups is 3. The molecule has 9 nitrogen and oxygen atoms in total. The van der Waals surface area contributed by atoms with Crippen molar-refractivity contribution in [3.8, 4) is 0 Å². The summed E-state index contributed by atoms with van der Waals surface area (Å²) in [7, 11) is 7.93. The Hall–Kier alpha value is -6.87. The second-order valence-electron chi connectivity index (χ2n) is 14.6. The molecule has 0 aliphatic carbocycles. The molecule has 6 aromatic carbocycles. The lowest BCUT2D eigenvalue weighted by molar-refractivity contribution is 0.103. The highest BCUT2D eigenvalue weighted by Gasteiger charge is 2.12. The molecule has 0 aliphatic heterocycles. The van der Waals surface area contributed by atoms with Gasteiger partial charge in [-0.15, -0.1) is 0 Å². The van der Waals surface area contributed by atoms with E-state index in [1.54, 1.807) is 48.5 Å². The van der Waals surface area contributed by atoms with Gasteiger partial charge >= 0.3 is 0 Å². The van der Waals surface area contributed by atoms with Crippen LogP contribution in [0.5, 0.6) is 0 Å². The third-order valence-corrected chi connectivity index (χ3v) is 10.2. The summed E-state index contributed by atoms with van der Waals surface area (Å²) < 4.78 is 0. The average molecular weight is 805 g/mol. The quantitative estimate of drug-likeness (QED) is 0.0820. The van der Waals surface area contributed by atoms with Crippen LogP contribution in [0.4, 0.5) is 34.1 Å². The van der Waals surface area contributed by atoms with Gasteiger partial charge in [0, 0.05) is 122 Å². The summed E-state index contributed by atoms with van der Waals surface area (Å²) in [5.74, 6) is 0.104. The largest absolute Gasteiger partial charge is 0.399 e. The van der Waals surface area contributed by atoms with Crippen molar-refractivity contribution in [1.82, 2.24) is 0 Å². The Morgan fingerprint density at radius 3 is 0.700 bits per heavy atom. The maximum absolute atomic E-state index is 12.7. The zero-order valence-electron chi connectivity index (χ0n) is 36.4. The summed E-state index contributed by atoms with van der Waals surface area (Å²) in [5.41, 5.74) is 21.1. The van der Waals surface area contributed by atoms with Crippen LogP contribution >= 0.6 is 0 Å². The Labute approximate surface area is 356 Å². The van der Waals surface area contributed by atoms with Crippen LogP contribution in [0.2, 0.25) is 0 Å². The van der Waals surface area contributed by atoms with E-state index in [0.29, 0.717) is 33.6 Å². The fourth-order valence-electron chi connectivity index (χ4n) is 6.42. The minimum absolute atomic E-state index is 0.0278. The highest BCUT2D eigenvalue weighted by Crippen LogP contribution is 2.21. The van der Waals surface area contributed by atoms with Crippen LogP contribution in [0.15, 0.2) is 146 Å². The molecule has 0 spiro atoms. The van der Waals surface area contributed by atoms with Crippen molar-refractivity contribution in [3.05, 3.63) is 179 Å². The van der Waals surface area contributed by atoms with Gasteiger partial charge in [-0.25, -0.2) is 0 Å². The average Bonchev–Trinajstić information content (AvgIpc) is 3.28. The number of ketones is 3. The van der Waals surface area contributed by atoms with Crippen molar-refractivity contribution in [3.63, 3.8) is 0 Å². The van der Waals surface area contributed by atoms with Gasteiger partial charge in [-0.3, -0.25) is 14.4 Å². The second-order valence-corrected chi connectivity index (χ2v) is 14.6. The monoisotopic (exact) mass is 804 g/mol. The molecule has 0 amide bonds. The maximum atomic E-state index is 12.7. The van der Waals surface area contributed by atoms with E-state index in [0.717, 1.165) is 60.1 Å². The first kappa shape index (κ1) is 45.8. The lowest BCUT2D eigenvalue weighted by atomic mass is 10.0. The lowest BCUT2D eigenvalue weighted by Crippen LogP contribution is -2.22. The van der Waals surface area contributed by atoms with Crippen molar-refractivity contribution in [1.29, 1.82) is 0 Å². The van der Waals surface area contributed by atoms with Crippen LogP contribution in [0.25, 0.3) is 0 Å². The number of nitrogens with zero attached hydrogens (tertiary/aromatic N) is 4. The summed E-state index contributed by atoms with van der Waals surface area (Å²) in [6.07, 6.45) is 0. The van der Waals surface area contributed by atoms with Gasteiger partial charge in [0.15, 0.2) is 17.3 Å². The first-order chi connectivity index (χ1) is 28.8. The van der Waals surface area contributed by atoms with Gasteiger partial charge in [0.25, 0.3) is 0 Å². The van der Waals surface area contributed by atoms with Gasteiger partial charge in [0.05, 0.1) is 0 Å². The molecule has 60 heavy (non-hydrogen) atoms. The first-order valence-corrected chi connectivity index (χ1v) is 20.4. The number of benzene rings is 6. The fraction of sp³-hybridized carbons (Fsp3) is 0.235. The Bertz CT molecular complexity index is 2080. The van der Waals surface area contributed by atoms with Gasteiger partial charge in [-0.05, 0) is 173 Å². The molecule has 0 aliphatic rings. The summed E-state index contributed by atoms with van der Waals surface area (Å²) in [5, 5.41) is 0. The van der Waals surface area contributed by atoms with Crippen LogP contribution in [-0.4, -0.2) is 71.7 Å². The van der Waals surface area contributed by atoms with Crippen LogP contribution in [-0.2, 0) is 0 Å². The lowest BCUT2D eigenvalue weighted by Gasteiger charge is -2.21. The SMILES string of the molecule is CCN(CC)c1ccc(C(=O)c2ccc(N(CC)CC)cc2)cc1.CN(C)c1ccc(C(=O)c2ccc(N(C)C)cc2)cc1.Nc1ccc(C(=O)c2ccc(N)cc2)cc1. The van der Waals surface area contributed by atoms with Gasteiger partial charge in [0.1, 0.15) is 0 Å². The third-order valence-electron chi connectivity index (χ3n) is 10.2. The third kappa shape index (κ3) is 12.6. The van der Waals surface area contributed by atoms with E-state index in [1.165, 1.54) is 0 Å². The molecule has 0 saturated carbocycles. The number of anilines is 6. The predicted molar refractivity (Wildman–Crippen MR) is 254 cm³/mol. The van der Waals surface area contributed by atoms with Crippen molar-refractivity contribution in [2.45, 2.75) is 27.7 Å². The van der Waals surface area contributed by atoms with Gasteiger partial charge in [-0.1, -0.05) is 0 Å². The molecule has 312 valence electrons. The van der Waals surface area contributed by atoms with Crippen LogP contribution < -0.4 is 31.1 Å². The Morgan fingerprint density at radius 1 is 0.333 bits per heavy atom. The number of nitrogen functional groups attached to an aromatic ring is 2. The number of nitrogens with two attached hydrogens (primary N) is 2. The Kier molecular flexibility index (Phi) is 17.1. The molecule has 0 fully saturated rings. The fourth-order valence-corrected chi connectivity index (χ4v) is 6.42. The van der Waals surface area contributed by atoms with Crippen molar-refractivity contribution >= 4 is 51.5 Å². The maximum Gasteiger partial charge on any atom is 0.193 e. The van der Waals surface area contributed by atoms with E-state index in [2.05, 4.69) is 37.5 Å². The normalized spacial score (nSPS) is 10.3. The van der Waals surface area contributed by atoms with E-state index in [4.69, 9.17) is 11.5 Å². The predicted octanol–water partition coefficient (Wildman–Crippen LogP) is 9.74. The van der Waals surface area contributed by atoms with E-state index in [9.17, 15) is 14.4 Å². The van der Waals surface area contributed by atoms with Crippen LogP contribution in [0, 0.1) is 0 Å². The van der Waals surface area contributed by atoms with Crippen molar-refractivity contribution in [2.75, 3.05) is 85.4 Å². The number of rotatable bonds is 14. The molecule has 4 N–H and O–H groups in total. The highest BCUT2D eigenvalue weighted by molar-refractivity contribution is 6.10. The highest BCUT2D eigenvalue weighted by atomic mass is 16.1. The van der Waals surface area contributed by atoms with E-state index < -0.39 is 0 Å². The minimum atomic E-state index is -0.0278. The summed E-state index contributed by atoms with van der Waals surface area (Å²) in [4.78, 5) is 45.6. The van der Waals surface area contributed by atoms with Crippen molar-refractivity contribution < 1.29 is 14.4 Å². The number of hydrogen-bond acceptors (Lipinski definition) is 9. The summed E-state index contributed by atoms with van der Waals surface area (Å²) in [6.45, 7) is 12.4. The zero-order valence-corrected chi connectivity index (χ0v) is 36.4. The second kappa shape index (κ2) is 22.3. The first-order valence-electron chi connectivity index (χ1n) is 20.4. The standard InChI is InChI=1S/C21H28N2O.C17H20N2O.C13H12N2O/c1-5-22(6-2)19-13-9-17(10-14-19)21(24)18-11-15-20(16-12-18)23(7-3)8-4;1-18(2)15-9-5-13(6-10-15)17(20)14-7-11-16(12-8-14)19(3)4;14-11-5-1-9(2-6-11)13(16)10-3-7-12(15)8-4-10/h9-16H,5-8H2,1-4H3;5-12H,1-4H3;1-8H,14-15H2. The molecule has 6 rings (SSSR count). The molecule has 0 radical (unpaired) electrons. The molecular weight excluding hydrogens is 745 g/mol. The van der Waals surface area contributed by atoms with Crippen LogP contribution in [0.1, 0.15) is 75.5 Å². The van der Waals surface area contributed by atoms with E-state index in [1.807, 2.05) is 135 Å². The molecule has 0 atom stereocenters. The molecule has 9 heteroatoms. The summed E-state index contributed by atoms with van der Waals surface area (Å²) >= 11 is 0. The Balaban J connectivity index is 0.000000202. The zero-order chi connectivity index (χ0) is 43.8. The van der Waals surface area contributed by atoms with Gasteiger partial charge in [0.2, 0.25) is 0 Å². The minimum Gasteiger partial charge on any atom is -0.399 e. The smallest absolute Gasteiger partial charge is 0.193 e. The molecule has 0 unspecified atom stereocenters. The molecule has 0 aromatic heterocycles. The molecular formula is C51H60N6O3. The summed E-state index contributed by atoms with van der Waals surface area (Å²) in [6, 6.07) is 44.9. The van der Waals surface area contributed by atoms with E-state index in [-0.39, 0.29) is 17.3 Å². The molecule has 0 saturated heterocycles. The Morgan fingerprint density at radius 2 is 0.517 bits per heavy atom. The molecule has 0 heterocycles.